The molecule has 0 spiro atoms. The van der Waals surface area contributed by atoms with E-state index in [2.05, 4.69) is 29.6 Å². The zero-order valence-electron chi connectivity index (χ0n) is 13.4. The van der Waals surface area contributed by atoms with Crippen LogP contribution < -0.4 is 10.6 Å². The van der Waals surface area contributed by atoms with Crippen molar-refractivity contribution in [2.75, 3.05) is 13.1 Å². The van der Waals surface area contributed by atoms with Crippen molar-refractivity contribution in [2.45, 2.75) is 51.7 Å². The van der Waals surface area contributed by atoms with Crippen molar-refractivity contribution >= 4 is 17.3 Å². The number of thiocarbonyl (C=S) groups is 1. The van der Waals surface area contributed by atoms with Crippen LogP contribution in [0.4, 0.5) is 13.2 Å². The molecule has 8 heteroatoms. The first-order valence-electron chi connectivity index (χ1n) is 7.94. The molecule has 23 heavy (non-hydrogen) atoms. The molecule has 4 nitrogen and oxygen atoms in total. The van der Waals surface area contributed by atoms with Crippen LogP contribution in [0.1, 0.15) is 50.4 Å². The smallest absolute Gasteiger partial charge is 0.363 e. The second-order valence-electron chi connectivity index (χ2n) is 6.33. The Balaban J connectivity index is 1.81. The molecule has 0 aromatic carbocycles. The fraction of sp³-hybridized carbons (Fsp3) is 0.733. The molecule has 0 unspecified atom stereocenters. The van der Waals surface area contributed by atoms with Gasteiger partial charge in [0.1, 0.15) is 0 Å². The summed E-state index contributed by atoms with van der Waals surface area (Å²) >= 11 is 5.14. The van der Waals surface area contributed by atoms with E-state index in [0.717, 1.165) is 19.4 Å². The molecule has 0 atom stereocenters. The fourth-order valence-electron chi connectivity index (χ4n) is 2.25. The summed E-state index contributed by atoms with van der Waals surface area (Å²) in [5.41, 5.74) is -0.0840. The molecule has 1 aliphatic carbocycles. The van der Waals surface area contributed by atoms with Gasteiger partial charge in [0.25, 0.3) is 0 Å². The molecule has 0 radical (unpaired) electrons. The monoisotopic (exact) mass is 348 g/mol. The maximum atomic E-state index is 12.8. The van der Waals surface area contributed by atoms with Crippen LogP contribution in [0.3, 0.4) is 0 Å². The lowest BCUT2D eigenvalue weighted by Crippen LogP contribution is -2.37. The lowest BCUT2D eigenvalue weighted by Gasteiger charge is -2.12. The van der Waals surface area contributed by atoms with E-state index >= 15 is 0 Å². The highest BCUT2D eigenvalue weighted by Gasteiger charge is 2.37. The number of nitrogens with zero attached hydrogens (tertiary/aromatic N) is 2. The van der Waals surface area contributed by atoms with Gasteiger partial charge < -0.3 is 10.6 Å². The lowest BCUT2D eigenvalue weighted by atomic mass is 10.2. The normalized spacial score (nSPS) is 15.0. The standard InChI is InChI=1S/C15H23F3N4S/c1-10(2)9-20-14(23)19-6-3-7-22-12(11-4-5-11)8-13(21-22)15(16,17)18/h8,10-11H,3-7,9H2,1-2H3,(H2,19,20,23). The minimum absolute atomic E-state index is 0.236. The number of aromatic nitrogens is 2. The average Bonchev–Trinajstić information content (AvgIpc) is 3.20. The van der Waals surface area contributed by atoms with Gasteiger partial charge in [-0.3, -0.25) is 4.68 Å². The van der Waals surface area contributed by atoms with Crippen molar-refractivity contribution in [3.05, 3.63) is 17.5 Å². The summed E-state index contributed by atoms with van der Waals surface area (Å²) in [4.78, 5) is 0. The highest BCUT2D eigenvalue weighted by molar-refractivity contribution is 7.80. The Hall–Kier alpha value is -1.31. The zero-order chi connectivity index (χ0) is 17.0. The zero-order valence-corrected chi connectivity index (χ0v) is 14.2. The van der Waals surface area contributed by atoms with Crippen LogP contribution in [0.15, 0.2) is 6.07 Å². The minimum atomic E-state index is -4.38. The van der Waals surface area contributed by atoms with E-state index in [-0.39, 0.29) is 5.92 Å². The van der Waals surface area contributed by atoms with Crippen molar-refractivity contribution in [1.29, 1.82) is 0 Å². The number of rotatable bonds is 7. The second-order valence-corrected chi connectivity index (χ2v) is 6.74. The van der Waals surface area contributed by atoms with Gasteiger partial charge in [-0.25, -0.2) is 0 Å². The van der Waals surface area contributed by atoms with Gasteiger partial charge in [-0.05, 0) is 43.5 Å². The van der Waals surface area contributed by atoms with Crippen LogP contribution in [0, 0.1) is 5.92 Å². The largest absolute Gasteiger partial charge is 0.435 e. The van der Waals surface area contributed by atoms with Crippen LogP contribution in [0.5, 0.6) is 0 Å². The molecule has 1 heterocycles. The first-order chi connectivity index (χ1) is 10.8. The summed E-state index contributed by atoms with van der Waals surface area (Å²) in [7, 11) is 0. The van der Waals surface area contributed by atoms with Gasteiger partial charge in [0, 0.05) is 31.2 Å². The van der Waals surface area contributed by atoms with E-state index < -0.39 is 11.9 Å². The summed E-state index contributed by atoms with van der Waals surface area (Å²) in [5, 5.41) is 10.5. The van der Waals surface area contributed by atoms with Gasteiger partial charge in [0.15, 0.2) is 10.8 Å². The molecule has 0 aliphatic heterocycles. The Morgan fingerprint density at radius 1 is 1.39 bits per heavy atom. The van der Waals surface area contributed by atoms with Crippen molar-refractivity contribution in [2.24, 2.45) is 5.92 Å². The molecule has 2 rings (SSSR count). The third-order valence-corrected chi connectivity index (χ3v) is 3.89. The molecule has 0 saturated heterocycles. The molecule has 130 valence electrons. The molecule has 2 N–H and O–H groups in total. The maximum absolute atomic E-state index is 12.8. The summed E-state index contributed by atoms with van der Waals surface area (Å²) in [5.74, 6) is 0.737. The van der Waals surface area contributed by atoms with E-state index in [1.54, 1.807) is 0 Å². The van der Waals surface area contributed by atoms with Gasteiger partial charge in [0.2, 0.25) is 0 Å². The Kier molecular flexibility index (Phi) is 5.89. The second kappa shape index (κ2) is 7.51. The number of alkyl halides is 3. The molecule has 0 amide bonds. The minimum Gasteiger partial charge on any atom is -0.363 e. The van der Waals surface area contributed by atoms with Gasteiger partial charge >= 0.3 is 6.18 Å². The average molecular weight is 348 g/mol. The number of hydrogen-bond donors (Lipinski definition) is 2. The van der Waals surface area contributed by atoms with E-state index in [0.29, 0.717) is 36.2 Å². The number of nitrogens with one attached hydrogen (secondary N) is 2. The lowest BCUT2D eigenvalue weighted by molar-refractivity contribution is -0.141. The first-order valence-corrected chi connectivity index (χ1v) is 8.35. The third kappa shape index (κ3) is 5.67. The van der Waals surface area contributed by atoms with Crippen molar-refractivity contribution < 1.29 is 13.2 Å². The summed E-state index contributed by atoms with van der Waals surface area (Å²) in [6, 6.07) is 1.19. The molecule has 1 fully saturated rings. The fourth-order valence-corrected chi connectivity index (χ4v) is 2.43. The van der Waals surface area contributed by atoms with Crippen LogP contribution in [-0.4, -0.2) is 28.0 Å². The van der Waals surface area contributed by atoms with Gasteiger partial charge in [-0.1, -0.05) is 13.8 Å². The Bertz CT molecular complexity index is 535. The molecular weight excluding hydrogens is 325 g/mol. The number of halogens is 3. The van der Waals surface area contributed by atoms with Crippen molar-refractivity contribution in [3.8, 4) is 0 Å². The van der Waals surface area contributed by atoms with E-state index in [9.17, 15) is 13.2 Å². The quantitative estimate of drug-likeness (QED) is 0.586. The van der Waals surface area contributed by atoms with E-state index in [4.69, 9.17) is 12.2 Å². The predicted molar refractivity (Wildman–Crippen MR) is 87.3 cm³/mol. The highest BCUT2D eigenvalue weighted by Crippen LogP contribution is 2.42. The summed E-state index contributed by atoms with van der Waals surface area (Å²) in [6.45, 7) is 6.04. The van der Waals surface area contributed by atoms with Crippen LogP contribution in [-0.2, 0) is 12.7 Å². The Morgan fingerprint density at radius 3 is 2.65 bits per heavy atom. The van der Waals surface area contributed by atoms with Crippen LogP contribution in [0.25, 0.3) is 0 Å². The number of aryl methyl sites for hydroxylation is 1. The third-order valence-electron chi connectivity index (χ3n) is 3.60. The Labute approximate surface area is 139 Å². The highest BCUT2D eigenvalue weighted by atomic mass is 32.1. The van der Waals surface area contributed by atoms with Gasteiger partial charge in [-0.2, -0.15) is 18.3 Å². The van der Waals surface area contributed by atoms with Crippen molar-refractivity contribution in [3.63, 3.8) is 0 Å². The molecule has 1 aromatic heterocycles. The summed E-state index contributed by atoms with van der Waals surface area (Å²) in [6.07, 6.45) is -1.81. The molecular formula is C15H23F3N4S. The van der Waals surface area contributed by atoms with Crippen molar-refractivity contribution in [1.82, 2.24) is 20.4 Å². The van der Waals surface area contributed by atoms with Gasteiger partial charge in [-0.15, -0.1) is 0 Å². The van der Waals surface area contributed by atoms with E-state index in [1.165, 1.54) is 10.7 Å². The number of hydrogen-bond acceptors (Lipinski definition) is 2. The van der Waals surface area contributed by atoms with E-state index in [1.807, 2.05) is 0 Å². The SMILES string of the molecule is CC(C)CNC(=S)NCCCn1nc(C(F)(F)F)cc1C1CC1. The molecule has 0 bridgehead atoms. The molecule has 1 aliphatic rings. The van der Waals surface area contributed by atoms with Crippen LogP contribution >= 0.6 is 12.2 Å². The van der Waals surface area contributed by atoms with Crippen LogP contribution in [0.2, 0.25) is 0 Å². The predicted octanol–water partition coefficient (Wildman–Crippen LogP) is 3.29. The maximum Gasteiger partial charge on any atom is 0.435 e. The summed E-state index contributed by atoms with van der Waals surface area (Å²) < 4.78 is 39.9. The van der Waals surface area contributed by atoms with Gasteiger partial charge in [0.05, 0.1) is 0 Å². The molecule has 1 aromatic rings. The topological polar surface area (TPSA) is 41.9 Å². The Morgan fingerprint density at radius 2 is 2.09 bits per heavy atom. The molecule has 1 saturated carbocycles. The first kappa shape index (κ1) is 18.0.